The molecule has 0 unspecified atom stereocenters. The number of ether oxygens (including phenoxy) is 1. The van der Waals surface area contributed by atoms with E-state index >= 15 is 0 Å². The third-order valence-electron chi connectivity index (χ3n) is 4.27. The average Bonchev–Trinajstić information content (AvgIpc) is 2.58. The lowest BCUT2D eigenvalue weighted by Crippen LogP contribution is -2.37. The SMILES string of the molecule is CC(C)(C)OC(=O)N1CCCC[C@@H](c2ccc(N)cc2)CCC1. The fourth-order valence-electron chi connectivity index (χ4n) is 3.09. The topological polar surface area (TPSA) is 55.6 Å². The Morgan fingerprint density at radius 1 is 1.09 bits per heavy atom. The van der Waals surface area contributed by atoms with Gasteiger partial charge in [0.15, 0.2) is 0 Å². The largest absolute Gasteiger partial charge is 0.444 e. The molecule has 4 heteroatoms. The highest BCUT2D eigenvalue weighted by atomic mass is 16.6. The Balaban J connectivity index is 1.94. The van der Waals surface area contributed by atoms with Gasteiger partial charge in [-0.15, -0.1) is 0 Å². The Morgan fingerprint density at radius 3 is 2.35 bits per heavy atom. The van der Waals surface area contributed by atoms with E-state index in [9.17, 15) is 4.79 Å². The van der Waals surface area contributed by atoms with Crippen LogP contribution in [-0.4, -0.2) is 29.7 Å². The molecule has 0 radical (unpaired) electrons. The van der Waals surface area contributed by atoms with Gasteiger partial charge in [-0.05, 0) is 70.1 Å². The zero-order chi connectivity index (χ0) is 16.9. The lowest BCUT2D eigenvalue weighted by molar-refractivity contribution is 0.0246. The maximum Gasteiger partial charge on any atom is 0.410 e. The molecule has 128 valence electrons. The number of anilines is 1. The monoisotopic (exact) mass is 318 g/mol. The number of carbonyl (C=O) groups is 1. The number of carbonyl (C=O) groups excluding carboxylic acids is 1. The Bertz CT molecular complexity index is 505. The van der Waals surface area contributed by atoms with Crippen LogP contribution < -0.4 is 5.73 Å². The molecule has 0 saturated carbocycles. The summed E-state index contributed by atoms with van der Waals surface area (Å²) in [5, 5.41) is 0. The van der Waals surface area contributed by atoms with Crippen LogP contribution in [0.25, 0.3) is 0 Å². The van der Waals surface area contributed by atoms with Crippen LogP contribution in [0.15, 0.2) is 24.3 Å². The molecule has 1 heterocycles. The quantitative estimate of drug-likeness (QED) is 0.773. The van der Waals surface area contributed by atoms with Crippen LogP contribution in [0.2, 0.25) is 0 Å². The van der Waals surface area contributed by atoms with Gasteiger partial charge in [0, 0.05) is 18.8 Å². The summed E-state index contributed by atoms with van der Waals surface area (Å²) in [5.74, 6) is 0.564. The van der Waals surface area contributed by atoms with Gasteiger partial charge in [0.05, 0.1) is 0 Å². The first-order chi connectivity index (χ1) is 10.8. The van der Waals surface area contributed by atoms with Gasteiger partial charge in [-0.2, -0.15) is 0 Å². The Morgan fingerprint density at radius 2 is 1.70 bits per heavy atom. The molecule has 2 rings (SSSR count). The highest BCUT2D eigenvalue weighted by Gasteiger charge is 2.23. The standard InChI is InChI=1S/C19H30N2O2/c1-19(2,3)23-18(22)21-13-5-4-7-15(8-6-14-21)16-9-11-17(20)12-10-16/h9-12,15H,4-8,13-14,20H2,1-3H3/t15-/m1/s1. The van der Waals surface area contributed by atoms with Gasteiger partial charge < -0.3 is 15.4 Å². The number of hydrogen-bond donors (Lipinski definition) is 1. The minimum Gasteiger partial charge on any atom is -0.444 e. The summed E-state index contributed by atoms with van der Waals surface area (Å²) in [5.41, 5.74) is 7.53. The molecule has 0 spiro atoms. The molecular formula is C19H30N2O2. The van der Waals surface area contributed by atoms with Crippen molar-refractivity contribution in [3.8, 4) is 0 Å². The van der Waals surface area contributed by atoms with Crippen LogP contribution in [0.5, 0.6) is 0 Å². The van der Waals surface area contributed by atoms with E-state index in [0.29, 0.717) is 5.92 Å². The van der Waals surface area contributed by atoms with Crippen molar-refractivity contribution in [1.29, 1.82) is 0 Å². The number of nitrogen functional groups attached to an aromatic ring is 1. The van der Waals surface area contributed by atoms with Crippen LogP contribution in [-0.2, 0) is 4.74 Å². The Hall–Kier alpha value is -1.71. The lowest BCUT2D eigenvalue weighted by atomic mass is 9.89. The molecule has 0 aliphatic carbocycles. The summed E-state index contributed by atoms with van der Waals surface area (Å²) in [6.45, 7) is 7.32. The predicted octanol–water partition coefficient (Wildman–Crippen LogP) is 4.55. The minimum atomic E-state index is -0.429. The highest BCUT2D eigenvalue weighted by molar-refractivity contribution is 5.68. The Kier molecular flexibility index (Phi) is 5.91. The second-order valence-electron chi connectivity index (χ2n) is 7.47. The molecule has 1 atom stereocenters. The number of nitrogens with zero attached hydrogens (tertiary/aromatic N) is 1. The maximum atomic E-state index is 12.3. The number of hydrogen-bond acceptors (Lipinski definition) is 3. The van der Waals surface area contributed by atoms with Gasteiger partial charge in [0.1, 0.15) is 5.60 Å². The van der Waals surface area contributed by atoms with Crippen molar-refractivity contribution >= 4 is 11.8 Å². The van der Waals surface area contributed by atoms with Gasteiger partial charge in [-0.1, -0.05) is 18.6 Å². The predicted molar refractivity (Wildman–Crippen MR) is 94.5 cm³/mol. The second kappa shape index (κ2) is 7.71. The van der Waals surface area contributed by atoms with Crippen LogP contribution in [0.4, 0.5) is 10.5 Å². The van der Waals surface area contributed by atoms with Crippen molar-refractivity contribution in [2.75, 3.05) is 18.8 Å². The maximum absolute atomic E-state index is 12.3. The van der Waals surface area contributed by atoms with E-state index in [1.54, 1.807) is 0 Å². The first kappa shape index (κ1) is 17.6. The van der Waals surface area contributed by atoms with E-state index in [1.807, 2.05) is 37.8 Å². The number of nitrogens with two attached hydrogens (primary N) is 1. The van der Waals surface area contributed by atoms with Crippen molar-refractivity contribution in [3.05, 3.63) is 29.8 Å². The summed E-state index contributed by atoms with van der Waals surface area (Å²) in [6.07, 6.45) is 5.27. The van der Waals surface area contributed by atoms with Gasteiger partial charge in [-0.25, -0.2) is 4.79 Å². The first-order valence-electron chi connectivity index (χ1n) is 8.68. The summed E-state index contributed by atoms with van der Waals surface area (Å²) in [6, 6.07) is 8.25. The second-order valence-corrected chi connectivity index (χ2v) is 7.47. The third kappa shape index (κ3) is 5.77. The van der Waals surface area contributed by atoms with Crippen molar-refractivity contribution in [1.82, 2.24) is 4.90 Å². The summed E-state index contributed by atoms with van der Waals surface area (Å²) < 4.78 is 5.51. The van der Waals surface area contributed by atoms with Crippen molar-refractivity contribution in [2.24, 2.45) is 0 Å². The fraction of sp³-hybridized carbons (Fsp3) is 0.632. The molecule has 1 saturated heterocycles. The normalized spacial score (nSPS) is 20.3. The third-order valence-corrected chi connectivity index (χ3v) is 4.27. The van der Waals surface area contributed by atoms with E-state index in [0.717, 1.165) is 44.5 Å². The molecule has 0 aromatic heterocycles. The number of benzene rings is 1. The summed E-state index contributed by atoms with van der Waals surface area (Å²) in [7, 11) is 0. The van der Waals surface area contributed by atoms with E-state index in [1.165, 1.54) is 12.0 Å². The highest BCUT2D eigenvalue weighted by Crippen LogP contribution is 2.29. The zero-order valence-electron chi connectivity index (χ0n) is 14.7. The van der Waals surface area contributed by atoms with Crippen molar-refractivity contribution in [2.45, 2.75) is 64.4 Å². The van der Waals surface area contributed by atoms with E-state index < -0.39 is 5.60 Å². The zero-order valence-corrected chi connectivity index (χ0v) is 14.7. The summed E-state index contributed by atoms with van der Waals surface area (Å²) >= 11 is 0. The van der Waals surface area contributed by atoms with Gasteiger partial charge in [0.25, 0.3) is 0 Å². The van der Waals surface area contributed by atoms with Crippen molar-refractivity contribution in [3.63, 3.8) is 0 Å². The Labute approximate surface area is 140 Å². The fourth-order valence-corrected chi connectivity index (χ4v) is 3.09. The van der Waals surface area contributed by atoms with Crippen LogP contribution in [0, 0.1) is 0 Å². The molecule has 23 heavy (non-hydrogen) atoms. The van der Waals surface area contributed by atoms with Gasteiger partial charge >= 0.3 is 6.09 Å². The van der Waals surface area contributed by atoms with E-state index in [2.05, 4.69) is 12.1 Å². The summed E-state index contributed by atoms with van der Waals surface area (Å²) in [4.78, 5) is 14.1. The van der Waals surface area contributed by atoms with Gasteiger partial charge in [0.2, 0.25) is 0 Å². The molecule has 1 aliphatic rings. The van der Waals surface area contributed by atoms with Crippen molar-refractivity contribution < 1.29 is 9.53 Å². The smallest absolute Gasteiger partial charge is 0.410 e. The molecule has 0 bridgehead atoms. The van der Waals surface area contributed by atoms with E-state index in [-0.39, 0.29) is 6.09 Å². The number of rotatable bonds is 1. The minimum absolute atomic E-state index is 0.177. The van der Waals surface area contributed by atoms with Crippen LogP contribution in [0.3, 0.4) is 0 Å². The first-order valence-corrected chi connectivity index (χ1v) is 8.68. The van der Waals surface area contributed by atoms with E-state index in [4.69, 9.17) is 10.5 Å². The number of amides is 1. The average molecular weight is 318 g/mol. The molecule has 1 aromatic rings. The van der Waals surface area contributed by atoms with Crippen LogP contribution in [0.1, 0.15) is 64.4 Å². The van der Waals surface area contributed by atoms with Gasteiger partial charge in [-0.3, -0.25) is 0 Å². The molecule has 1 aliphatic heterocycles. The molecular weight excluding hydrogens is 288 g/mol. The molecule has 4 nitrogen and oxygen atoms in total. The molecule has 1 aromatic carbocycles. The lowest BCUT2D eigenvalue weighted by Gasteiger charge is -2.27. The van der Waals surface area contributed by atoms with Crippen LogP contribution >= 0.6 is 0 Å². The molecule has 2 N–H and O–H groups in total. The molecule has 1 fully saturated rings. The molecule has 1 amide bonds.